The second-order valence-corrected chi connectivity index (χ2v) is 7.49. The molecule has 0 fully saturated rings. The van der Waals surface area contributed by atoms with Gasteiger partial charge in [-0.2, -0.15) is 15.8 Å². The molecule has 0 aliphatic rings. The van der Waals surface area contributed by atoms with E-state index >= 15 is 0 Å². The molecular weight excluding hydrogens is 454 g/mol. The molecule has 36 heavy (non-hydrogen) atoms. The lowest BCUT2D eigenvalue weighted by Gasteiger charge is -2.06. The Morgan fingerprint density at radius 3 is 1.81 bits per heavy atom. The lowest BCUT2D eigenvalue weighted by molar-refractivity contribution is 1.15. The number of terminal acetylenes is 1. The fourth-order valence-corrected chi connectivity index (χ4v) is 3.68. The van der Waals surface area contributed by atoms with Crippen LogP contribution in [0.2, 0.25) is 0 Å². The largest absolute Gasteiger partial charge is 0.232 e. The fourth-order valence-electron chi connectivity index (χ4n) is 3.68. The summed E-state index contributed by atoms with van der Waals surface area (Å²) in [4.78, 5) is 35.3. The Morgan fingerprint density at radius 1 is 0.583 bits per heavy atom. The molecule has 0 aliphatic carbocycles. The van der Waals surface area contributed by atoms with Gasteiger partial charge in [-0.1, -0.05) is 6.07 Å². The molecule has 6 aromatic rings. The minimum Gasteiger partial charge on any atom is -0.232 e. The summed E-state index contributed by atoms with van der Waals surface area (Å²) in [6, 6.07) is 14.2. The lowest BCUT2D eigenvalue weighted by atomic mass is 10.1. The molecule has 0 saturated carbocycles. The van der Waals surface area contributed by atoms with Crippen LogP contribution in [-0.2, 0) is 0 Å². The molecular formula is C25H7N11. The van der Waals surface area contributed by atoms with Crippen LogP contribution < -0.4 is 0 Å². The van der Waals surface area contributed by atoms with Crippen LogP contribution in [0.25, 0.3) is 55.9 Å². The van der Waals surface area contributed by atoms with Crippen molar-refractivity contribution < 1.29 is 0 Å². The van der Waals surface area contributed by atoms with Gasteiger partial charge in [-0.25, -0.2) is 39.9 Å². The summed E-state index contributed by atoms with van der Waals surface area (Å²) in [5, 5.41) is 27.8. The van der Waals surface area contributed by atoms with Crippen molar-refractivity contribution in [1.82, 2.24) is 39.9 Å². The third-order valence-electron chi connectivity index (χ3n) is 5.37. The normalized spacial score (nSPS) is 10.7. The highest BCUT2D eigenvalue weighted by Crippen LogP contribution is 2.24. The van der Waals surface area contributed by atoms with E-state index in [1.54, 1.807) is 24.4 Å². The number of benzene rings is 2. The minimum atomic E-state index is 0.00227. The second-order valence-electron chi connectivity index (χ2n) is 7.49. The predicted octanol–water partition coefficient (Wildman–Crippen LogP) is 2.72. The van der Waals surface area contributed by atoms with Crippen molar-refractivity contribution in [3.8, 4) is 41.8 Å². The maximum absolute atomic E-state index is 9.30. The van der Waals surface area contributed by atoms with Crippen molar-refractivity contribution in [1.29, 1.82) is 15.8 Å². The average Bonchev–Trinajstić information content (AvgIpc) is 2.92. The van der Waals surface area contributed by atoms with Gasteiger partial charge in [0, 0.05) is 5.56 Å². The SMILES string of the molecule is C#Cc1nc2nc3ccc(-c4cnc5nc6cc(C#N)c(C#N)cc6nc5n4)cc3nc2nc1C#N. The molecule has 0 unspecified atom stereocenters. The van der Waals surface area contributed by atoms with Crippen molar-refractivity contribution >= 4 is 44.7 Å². The van der Waals surface area contributed by atoms with Crippen LogP contribution >= 0.6 is 0 Å². The summed E-state index contributed by atoms with van der Waals surface area (Å²) >= 11 is 0. The molecule has 11 nitrogen and oxygen atoms in total. The molecule has 4 aromatic heterocycles. The standard InChI is InChI=1S/C25H7N11/c1-2-15-20(10-28)35-25-24(30-15)31-16-4-3-12(5-17(16)33-25)21-11-29-22-23(36-21)34-19-7-14(9-27)13(8-26)6-18(19)32-22/h1,3-7,11H. The zero-order valence-electron chi connectivity index (χ0n) is 18.0. The van der Waals surface area contributed by atoms with Crippen LogP contribution in [0, 0.1) is 46.3 Å². The highest BCUT2D eigenvalue weighted by molar-refractivity contribution is 5.88. The van der Waals surface area contributed by atoms with Crippen molar-refractivity contribution in [2.45, 2.75) is 0 Å². The first-order valence-corrected chi connectivity index (χ1v) is 10.3. The smallest absolute Gasteiger partial charge is 0.199 e. The van der Waals surface area contributed by atoms with E-state index in [4.69, 9.17) is 6.42 Å². The third kappa shape index (κ3) is 3.14. The number of hydrogen-bond donors (Lipinski definition) is 0. The maximum Gasteiger partial charge on any atom is 0.199 e. The number of rotatable bonds is 1. The molecule has 0 atom stereocenters. The van der Waals surface area contributed by atoms with Crippen molar-refractivity contribution in [3.05, 3.63) is 59.0 Å². The van der Waals surface area contributed by atoms with Gasteiger partial charge in [-0.15, -0.1) is 6.42 Å². The fraction of sp³-hybridized carbons (Fsp3) is 0. The molecule has 162 valence electrons. The van der Waals surface area contributed by atoms with Gasteiger partial charge in [-0.05, 0) is 30.2 Å². The molecule has 4 heterocycles. The topological polar surface area (TPSA) is 174 Å². The van der Waals surface area contributed by atoms with Gasteiger partial charge in [0.05, 0.1) is 45.1 Å². The van der Waals surface area contributed by atoms with E-state index in [1.165, 1.54) is 12.1 Å². The Bertz CT molecular complexity index is 1950. The van der Waals surface area contributed by atoms with E-state index in [0.717, 1.165) is 0 Å². The summed E-state index contributed by atoms with van der Waals surface area (Å²) in [7, 11) is 0. The van der Waals surface area contributed by atoms with Crippen LogP contribution in [0.15, 0.2) is 36.5 Å². The minimum absolute atomic E-state index is 0.00227. The van der Waals surface area contributed by atoms with E-state index in [0.29, 0.717) is 39.0 Å². The van der Waals surface area contributed by atoms with Crippen LogP contribution in [-0.4, -0.2) is 39.9 Å². The van der Waals surface area contributed by atoms with Gasteiger partial charge in [0.15, 0.2) is 34.0 Å². The van der Waals surface area contributed by atoms with Crippen molar-refractivity contribution in [3.63, 3.8) is 0 Å². The Hall–Kier alpha value is -6.17. The molecule has 11 heteroatoms. The van der Waals surface area contributed by atoms with Gasteiger partial charge >= 0.3 is 0 Å². The zero-order chi connectivity index (χ0) is 24.8. The molecule has 0 bridgehead atoms. The Kier molecular flexibility index (Phi) is 4.37. The van der Waals surface area contributed by atoms with Gasteiger partial charge in [0.25, 0.3) is 0 Å². The molecule has 0 spiro atoms. The molecule has 0 amide bonds. The van der Waals surface area contributed by atoms with Crippen molar-refractivity contribution in [2.75, 3.05) is 0 Å². The predicted molar refractivity (Wildman–Crippen MR) is 126 cm³/mol. The summed E-state index contributed by atoms with van der Waals surface area (Å²) in [5.74, 6) is 2.33. The molecule has 2 aromatic carbocycles. The zero-order valence-corrected chi connectivity index (χ0v) is 18.0. The van der Waals surface area contributed by atoms with Crippen LogP contribution in [0.3, 0.4) is 0 Å². The van der Waals surface area contributed by atoms with E-state index in [-0.39, 0.29) is 39.5 Å². The van der Waals surface area contributed by atoms with E-state index in [9.17, 15) is 15.8 Å². The van der Waals surface area contributed by atoms with Crippen LogP contribution in [0.1, 0.15) is 22.5 Å². The summed E-state index contributed by atoms with van der Waals surface area (Å²) in [6.45, 7) is 0. The first-order valence-electron chi connectivity index (χ1n) is 10.3. The van der Waals surface area contributed by atoms with Gasteiger partial charge in [0.1, 0.15) is 18.2 Å². The molecule has 0 N–H and O–H groups in total. The average molecular weight is 461 g/mol. The number of aromatic nitrogens is 8. The second kappa shape index (κ2) is 7.71. The van der Waals surface area contributed by atoms with Gasteiger partial charge in [0.2, 0.25) is 0 Å². The lowest BCUT2D eigenvalue weighted by Crippen LogP contribution is -2.00. The number of nitriles is 3. The number of hydrogen-bond acceptors (Lipinski definition) is 11. The molecule has 0 saturated heterocycles. The third-order valence-corrected chi connectivity index (χ3v) is 5.37. The molecule has 0 radical (unpaired) electrons. The Balaban J connectivity index is 1.49. The van der Waals surface area contributed by atoms with E-state index in [2.05, 4.69) is 45.8 Å². The maximum atomic E-state index is 9.30. The highest BCUT2D eigenvalue weighted by Gasteiger charge is 2.13. The Labute approximate surface area is 201 Å². The first-order chi connectivity index (χ1) is 17.6. The van der Waals surface area contributed by atoms with E-state index < -0.39 is 0 Å². The number of fused-ring (bicyclic) bond motifs is 4. The van der Waals surface area contributed by atoms with Crippen molar-refractivity contribution in [2.24, 2.45) is 0 Å². The van der Waals surface area contributed by atoms with Crippen LogP contribution in [0.4, 0.5) is 0 Å². The summed E-state index contributed by atoms with van der Waals surface area (Å²) in [5.41, 5.74) is 4.72. The highest BCUT2D eigenvalue weighted by atomic mass is 15.0. The summed E-state index contributed by atoms with van der Waals surface area (Å²) in [6.07, 6.45) is 6.97. The van der Waals surface area contributed by atoms with Crippen LogP contribution in [0.5, 0.6) is 0 Å². The van der Waals surface area contributed by atoms with Gasteiger partial charge in [-0.3, -0.25) is 0 Å². The monoisotopic (exact) mass is 461 g/mol. The summed E-state index contributed by atoms with van der Waals surface area (Å²) < 4.78 is 0. The Morgan fingerprint density at radius 2 is 1.17 bits per heavy atom. The molecule has 6 rings (SSSR count). The quantitative estimate of drug-likeness (QED) is 0.260. The number of nitrogens with zero attached hydrogens (tertiary/aromatic N) is 11. The molecule has 0 aliphatic heterocycles. The first kappa shape index (κ1) is 20.4. The van der Waals surface area contributed by atoms with Gasteiger partial charge < -0.3 is 0 Å². The van der Waals surface area contributed by atoms with E-state index in [1.807, 2.05) is 18.2 Å².